The highest BCUT2D eigenvalue weighted by Gasteiger charge is 2.36. The fourth-order valence-electron chi connectivity index (χ4n) is 3.15. The molecule has 1 atom stereocenters. The van der Waals surface area contributed by atoms with Crippen molar-refractivity contribution in [3.8, 4) is 0 Å². The number of rotatable bonds is 4. The molecular weight excluding hydrogens is 369 g/mol. The van der Waals surface area contributed by atoms with Crippen molar-refractivity contribution in [3.63, 3.8) is 0 Å². The van der Waals surface area contributed by atoms with Gasteiger partial charge in [0.05, 0.1) is 5.54 Å². The number of amides is 1. The summed E-state index contributed by atoms with van der Waals surface area (Å²) in [5, 5.41) is 5.22. The summed E-state index contributed by atoms with van der Waals surface area (Å²) in [7, 11) is 0. The Labute approximate surface area is 160 Å². The predicted octanol–water partition coefficient (Wildman–Crippen LogP) is 1.96. The van der Waals surface area contributed by atoms with Crippen molar-refractivity contribution >= 4 is 42.1 Å². The summed E-state index contributed by atoms with van der Waals surface area (Å²) in [5.41, 5.74) is 6.90. The summed E-state index contributed by atoms with van der Waals surface area (Å²) in [6.07, 6.45) is 2.33. The van der Waals surface area contributed by atoms with E-state index in [4.69, 9.17) is 10.5 Å². The number of hydrogen-bond donors (Lipinski definition) is 2. The number of carbonyl (C=O) groups is 1. The first-order valence-electron chi connectivity index (χ1n) is 8.03. The van der Waals surface area contributed by atoms with Crippen molar-refractivity contribution in [2.75, 3.05) is 26.3 Å². The quantitative estimate of drug-likeness (QED) is 0.817. The van der Waals surface area contributed by atoms with Gasteiger partial charge >= 0.3 is 0 Å². The summed E-state index contributed by atoms with van der Waals surface area (Å²) >= 11 is 1.85. The maximum Gasteiger partial charge on any atom is 0.240 e. The zero-order valence-corrected chi connectivity index (χ0v) is 16.4. The van der Waals surface area contributed by atoms with E-state index in [-0.39, 0.29) is 30.7 Å². The maximum absolute atomic E-state index is 12.4. The van der Waals surface area contributed by atoms with Gasteiger partial charge in [-0.1, -0.05) is 0 Å². The molecule has 0 spiro atoms. The number of hydrogen-bond acceptors (Lipinski definition) is 5. The topological polar surface area (TPSA) is 67.6 Å². The zero-order valence-electron chi connectivity index (χ0n) is 14.0. The lowest BCUT2D eigenvalue weighted by atomic mass is 9.90. The van der Waals surface area contributed by atoms with Gasteiger partial charge in [-0.2, -0.15) is 0 Å². The Morgan fingerprint density at radius 2 is 2.17 bits per heavy atom. The molecule has 3 N–H and O–H groups in total. The zero-order chi connectivity index (χ0) is 15.6. The van der Waals surface area contributed by atoms with E-state index in [0.717, 1.165) is 19.5 Å². The number of thiophene rings is 1. The molecule has 3 rings (SSSR count). The van der Waals surface area contributed by atoms with Gasteiger partial charge in [-0.25, -0.2) is 0 Å². The third-order valence-corrected chi connectivity index (χ3v) is 5.88. The van der Waals surface area contributed by atoms with Crippen LogP contribution < -0.4 is 11.1 Å². The van der Waals surface area contributed by atoms with Gasteiger partial charge in [0.25, 0.3) is 0 Å². The van der Waals surface area contributed by atoms with Crippen molar-refractivity contribution in [2.24, 2.45) is 5.73 Å². The summed E-state index contributed by atoms with van der Waals surface area (Å²) in [6.45, 7) is 6.02. The molecule has 0 aromatic carbocycles. The lowest BCUT2D eigenvalue weighted by molar-refractivity contribution is -0.130. The second-order valence-corrected chi connectivity index (χ2v) is 7.42. The third-order valence-electron chi connectivity index (χ3n) is 4.86. The Kier molecular flexibility index (Phi) is 8.45. The second-order valence-electron chi connectivity index (χ2n) is 6.42. The average Bonchev–Trinajstić information content (AvgIpc) is 3.00. The van der Waals surface area contributed by atoms with Crippen LogP contribution in [0.15, 0.2) is 11.4 Å². The van der Waals surface area contributed by atoms with Crippen molar-refractivity contribution in [2.45, 2.75) is 44.3 Å². The Morgan fingerprint density at radius 1 is 1.46 bits per heavy atom. The largest absolute Gasteiger partial charge is 0.381 e. The Hall–Kier alpha value is -0.370. The van der Waals surface area contributed by atoms with E-state index in [1.807, 2.05) is 11.3 Å². The van der Waals surface area contributed by atoms with Gasteiger partial charge in [0.2, 0.25) is 5.91 Å². The van der Waals surface area contributed by atoms with Gasteiger partial charge in [0, 0.05) is 43.8 Å². The molecule has 1 fully saturated rings. The molecule has 0 aliphatic carbocycles. The highest BCUT2D eigenvalue weighted by Crippen LogP contribution is 2.25. The SMILES string of the molecule is CC(CNC(=O)C1(N)CCOCC1)N1CCc2sccc2C1.Cl.Cl. The Balaban J connectivity index is 0.00000144. The number of carbonyl (C=O) groups excluding carboxylic acids is 1. The van der Waals surface area contributed by atoms with E-state index in [0.29, 0.717) is 38.6 Å². The number of nitrogens with one attached hydrogen (secondary N) is 1. The van der Waals surface area contributed by atoms with Crippen LogP contribution >= 0.6 is 36.2 Å². The van der Waals surface area contributed by atoms with Crippen LogP contribution in [0, 0.1) is 0 Å². The summed E-state index contributed by atoms with van der Waals surface area (Å²) in [5.74, 6) is -0.0316. The first-order chi connectivity index (χ1) is 10.6. The van der Waals surface area contributed by atoms with Crippen LogP contribution in [0.4, 0.5) is 0 Å². The van der Waals surface area contributed by atoms with Crippen LogP contribution in [0.1, 0.15) is 30.2 Å². The summed E-state index contributed by atoms with van der Waals surface area (Å²) < 4.78 is 5.29. The minimum absolute atomic E-state index is 0. The van der Waals surface area contributed by atoms with Gasteiger partial charge in [-0.05, 0) is 43.2 Å². The lowest BCUT2D eigenvalue weighted by Gasteiger charge is -2.35. The lowest BCUT2D eigenvalue weighted by Crippen LogP contribution is -2.58. The van der Waals surface area contributed by atoms with Crippen LogP contribution in [-0.4, -0.2) is 48.7 Å². The van der Waals surface area contributed by atoms with Crippen LogP contribution in [0.5, 0.6) is 0 Å². The first-order valence-corrected chi connectivity index (χ1v) is 8.91. The first kappa shape index (κ1) is 21.7. The van der Waals surface area contributed by atoms with E-state index in [1.165, 1.54) is 10.4 Å². The molecule has 3 heterocycles. The van der Waals surface area contributed by atoms with Gasteiger partial charge in [-0.3, -0.25) is 9.69 Å². The molecule has 2 aliphatic rings. The van der Waals surface area contributed by atoms with Crippen molar-refractivity contribution in [3.05, 3.63) is 21.9 Å². The molecule has 138 valence electrons. The van der Waals surface area contributed by atoms with Crippen LogP contribution in [0.25, 0.3) is 0 Å². The molecule has 8 heteroatoms. The van der Waals surface area contributed by atoms with Gasteiger partial charge in [0.1, 0.15) is 0 Å². The van der Waals surface area contributed by atoms with E-state index in [2.05, 4.69) is 28.6 Å². The molecular formula is C16H27Cl2N3O2S. The van der Waals surface area contributed by atoms with Crippen LogP contribution in [0.2, 0.25) is 0 Å². The van der Waals surface area contributed by atoms with Gasteiger partial charge in [-0.15, -0.1) is 36.2 Å². The average molecular weight is 396 g/mol. The molecule has 1 aromatic heterocycles. The number of nitrogens with zero attached hydrogens (tertiary/aromatic N) is 1. The standard InChI is InChI=1S/C16H25N3O2S.2ClH/c1-12(19-6-2-14-13(11-19)3-9-22-14)10-18-15(20)16(17)4-7-21-8-5-16;;/h3,9,12H,2,4-8,10-11,17H2,1H3,(H,18,20);2*1H. The van der Waals surface area contributed by atoms with Gasteiger partial charge in [0.15, 0.2) is 0 Å². The van der Waals surface area contributed by atoms with E-state index >= 15 is 0 Å². The molecule has 1 saturated heterocycles. The number of halogens is 2. The second kappa shape index (κ2) is 9.36. The summed E-state index contributed by atoms with van der Waals surface area (Å²) in [4.78, 5) is 16.3. The van der Waals surface area contributed by atoms with Crippen molar-refractivity contribution < 1.29 is 9.53 Å². The molecule has 2 aliphatic heterocycles. The molecule has 24 heavy (non-hydrogen) atoms. The smallest absolute Gasteiger partial charge is 0.240 e. The Morgan fingerprint density at radius 3 is 2.88 bits per heavy atom. The monoisotopic (exact) mass is 395 g/mol. The third kappa shape index (κ3) is 4.84. The summed E-state index contributed by atoms with van der Waals surface area (Å²) in [6, 6.07) is 2.54. The van der Waals surface area contributed by atoms with E-state index < -0.39 is 5.54 Å². The molecule has 1 unspecified atom stereocenters. The maximum atomic E-state index is 12.4. The molecule has 1 aromatic rings. The fourth-order valence-corrected chi connectivity index (χ4v) is 4.04. The molecule has 0 saturated carbocycles. The van der Waals surface area contributed by atoms with Gasteiger partial charge < -0.3 is 15.8 Å². The molecule has 0 radical (unpaired) electrons. The van der Waals surface area contributed by atoms with E-state index in [1.54, 1.807) is 0 Å². The van der Waals surface area contributed by atoms with Crippen LogP contribution in [0.3, 0.4) is 0 Å². The number of nitrogens with two attached hydrogens (primary N) is 1. The normalized spacial score (nSPS) is 20.9. The molecule has 0 bridgehead atoms. The van der Waals surface area contributed by atoms with Crippen molar-refractivity contribution in [1.82, 2.24) is 10.2 Å². The molecule has 5 nitrogen and oxygen atoms in total. The highest BCUT2D eigenvalue weighted by atomic mass is 35.5. The number of fused-ring (bicyclic) bond motifs is 1. The highest BCUT2D eigenvalue weighted by molar-refractivity contribution is 7.10. The fraction of sp³-hybridized carbons (Fsp3) is 0.688. The van der Waals surface area contributed by atoms with Crippen LogP contribution in [-0.2, 0) is 22.5 Å². The van der Waals surface area contributed by atoms with E-state index in [9.17, 15) is 4.79 Å². The van der Waals surface area contributed by atoms with Crippen molar-refractivity contribution in [1.29, 1.82) is 0 Å². The predicted molar refractivity (Wildman–Crippen MR) is 102 cm³/mol. The minimum atomic E-state index is -0.750. The number of ether oxygens (including phenoxy) is 1. The minimum Gasteiger partial charge on any atom is -0.381 e. The Bertz CT molecular complexity index is 535. The molecule has 1 amide bonds.